The van der Waals surface area contributed by atoms with Gasteiger partial charge in [-0.05, 0) is 48.2 Å². The van der Waals surface area contributed by atoms with Gasteiger partial charge in [-0.15, -0.1) is 10.2 Å². The van der Waals surface area contributed by atoms with Gasteiger partial charge < -0.3 is 0 Å². The first kappa shape index (κ1) is 13.6. The van der Waals surface area contributed by atoms with Crippen LogP contribution in [0.2, 0.25) is 0 Å². The van der Waals surface area contributed by atoms with E-state index in [0.29, 0.717) is 11.4 Å². The molecule has 3 aromatic rings. The third-order valence-corrected chi connectivity index (χ3v) is 2.88. The van der Waals surface area contributed by atoms with Gasteiger partial charge in [-0.25, -0.2) is 0 Å². The topological polar surface area (TPSA) is 25.8 Å². The second-order valence-corrected chi connectivity index (χ2v) is 4.54. The first-order valence-electron chi connectivity index (χ1n) is 6.88. The average Bonchev–Trinajstić information content (AvgIpc) is 2.61. The highest BCUT2D eigenvalue weighted by Crippen LogP contribution is 1.99. The molecule has 0 aliphatic rings. The Morgan fingerprint density at radius 3 is 1.23 bits per heavy atom. The van der Waals surface area contributed by atoms with E-state index in [9.17, 15) is 0 Å². The van der Waals surface area contributed by atoms with Crippen LogP contribution in [0.3, 0.4) is 0 Å². The minimum absolute atomic E-state index is 0.633. The quantitative estimate of drug-likeness (QED) is 0.591. The lowest BCUT2D eigenvalue weighted by atomic mass is 10.2. The standard InChI is InChI=1S/C20H12N2/c1-3-7-17(8-4-1)11-13-19-15-16-20(22-21-19)14-12-18-9-5-2-6-10-18/h1-10,15-16H. The van der Waals surface area contributed by atoms with E-state index in [1.807, 2.05) is 72.8 Å². The smallest absolute Gasteiger partial charge is 0.136 e. The number of hydrogen-bond acceptors (Lipinski definition) is 2. The normalized spacial score (nSPS) is 9.09. The van der Waals surface area contributed by atoms with Gasteiger partial charge in [0.05, 0.1) is 0 Å². The lowest BCUT2D eigenvalue weighted by Gasteiger charge is -1.91. The van der Waals surface area contributed by atoms with Gasteiger partial charge in [0.15, 0.2) is 0 Å². The Balaban J connectivity index is 1.74. The van der Waals surface area contributed by atoms with Crippen LogP contribution in [0.5, 0.6) is 0 Å². The molecule has 1 aromatic heterocycles. The number of benzene rings is 2. The number of nitrogens with zero attached hydrogens (tertiary/aromatic N) is 2. The summed E-state index contributed by atoms with van der Waals surface area (Å²) in [5, 5.41) is 8.16. The van der Waals surface area contributed by atoms with Gasteiger partial charge in [0.1, 0.15) is 11.4 Å². The van der Waals surface area contributed by atoms with Crippen molar-refractivity contribution >= 4 is 0 Å². The molecule has 22 heavy (non-hydrogen) atoms. The molecule has 0 radical (unpaired) electrons. The first-order chi connectivity index (χ1) is 10.9. The van der Waals surface area contributed by atoms with Crippen molar-refractivity contribution < 1.29 is 0 Å². The maximum atomic E-state index is 4.08. The Bertz CT molecular complexity index is 783. The number of aromatic nitrogens is 2. The van der Waals surface area contributed by atoms with Crippen molar-refractivity contribution in [2.45, 2.75) is 0 Å². The predicted octanol–water partition coefficient (Wildman–Crippen LogP) is 3.28. The van der Waals surface area contributed by atoms with E-state index in [2.05, 4.69) is 33.9 Å². The van der Waals surface area contributed by atoms with E-state index in [1.54, 1.807) is 0 Å². The van der Waals surface area contributed by atoms with Crippen LogP contribution in [0.4, 0.5) is 0 Å². The predicted molar refractivity (Wildman–Crippen MR) is 86.9 cm³/mol. The summed E-state index contributed by atoms with van der Waals surface area (Å²) in [5.41, 5.74) is 3.18. The molecule has 0 atom stereocenters. The molecule has 0 unspecified atom stereocenters. The molecule has 2 nitrogen and oxygen atoms in total. The van der Waals surface area contributed by atoms with Crippen molar-refractivity contribution in [3.8, 4) is 23.7 Å². The summed E-state index contributed by atoms with van der Waals surface area (Å²) in [6, 6.07) is 23.2. The average molecular weight is 280 g/mol. The van der Waals surface area contributed by atoms with Crippen LogP contribution in [0, 0.1) is 23.7 Å². The largest absolute Gasteiger partial charge is 0.141 e. The van der Waals surface area contributed by atoms with E-state index in [4.69, 9.17) is 0 Å². The molecule has 0 aliphatic carbocycles. The van der Waals surface area contributed by atoms with Crippen LogP contribution in [0.15, 0.2) is 72.8 Å². The molecule has 0 aliphatic heterocycles. The first-order valence-corrected chi connectivity index (χ1v) is 6.88. The molecule has 102 valence electrons. The van der Waals surface area contributed by atoms with Crippen LogP contribution < -0.4 is 0 Å². The van der Waals surface area contributed by atoms with Gasteiger partial charge in [0.25, 0.3) is 0 Å². The van der Waals surface area contributed by atoms with Crippen LogP contribution >= 0.6 is 0 Å². The molecule has 0 fully saturated rings. The zero-order valence-electron chi connectivity index (χ0n) is 11.8. The van der Waals surface area contributed by atoms with Crippen LogP contribution in [-0.2, 0) is 0 Å². The second kappa shape index (κ2) is 6.88. The Labute approximate surface area is 129 Å². The Hall–Kier alpha value is -3.36. The van der Waals surface area contributed by atoms with Gasteiger partial charge in [-0.3, -0.25) is 0 Å². The second-order valence-electron chi connectivity index (χ2n) is 4.54. The monoisotopic (exact) mass is 280 g/mol. The van der Waals surface area contributed by atoms with E-state index >= 15 is 0 Å². The van der Waals surface area contributed by atoms with E-state index in [-0.39, 0.29) is 0 Å². The SMILES string of the molecule is C(#Cc1ccc(C#Cc2ccccc2)nn1)c1ccccc1. The van der Waals surface area contributed by atoms with E-state index < -0.39 is 0 Å². The minimum atomic E-state index is 0.633. The van der Waals surface area contributed by atoms with Crippen molar-refractivity contribution in [1.82, 2.24) is 10.2 Å². The minimum Gasteiger partial charge on any atom is -0.141 e. The molecule has 0 saturated carbocycles. The lowest BCUT2D eigenvalue weighted by molar-refractivity contribution is 0.998. The summed E-state index contributed by atoms with van der Waals surface area (Å²) < 4.78 is 0. The number of hydrogen-bond donors (Lipinski definition) is 0. The van der Waals surface area contributed by atoms with Crippen molar-refractivity contribution in [2.75, 3.05) is 0 Å². The molecule has 2 aromatic carbocycles. The highest BCUT2D eigenvalue weighted by Gasteiger charge is 1.92. The maximum absolute atomic E-state index is 4.08. The van der Waals surface area contributed by atoms with Gasteiger partial charge in [-0.1, -0.05) is 48.2 Å². The lowest BCUT2D eigenvalue weighted by Crippen LogP contribution is -1.90. The van der Waals surface area contributed by atoms with Gasteiger partial charge in [0, 0.05) is 11.1 Å². The number of rotatable bonds is 0. The molecule has 0 bridgehead atoms. The summed E-state index contributed by atoms with van der Waals surface area (Å²) in [6.07, 6.45) is 0. The molecule has 2 heteroatoms. The van der Waals surface area contributed by atoms with Gasteiger partial charge >= 0.3 is 0 Å². The third-order valence-electron chi connectivity index (χ3n) is 2.88. The van der Waals surface area contributed by atoms with Crippen molar-refractivity contribution in [1.29, 1.82) is 0 Å². The molecule has 0 N–H and O–H groups in total. The molecule has 3 rings (SSSR count). The van der Waals surface area contributed by atoms with Gasteiger partial charge in [-0.2, -0.15) is 0 Å². The Kier molecular flexibility index (Phi) is 4.26. The van der Waals surface area contributed by atoms with Gasteiger partial charge in [0.2, 0.25) is 0 Å². The summed E-state index contributed by atoms with van der Waals surface area (Å²) >= 11 is 0. The summed E-state index contributed by atoms with van der Waals surface area (Å²) in [4.78, 5) is 0. The molecule has 1 heterocycles. The molecule has 0 saturated heterocycles. The van der Waals surface area contributed by atoms with E-state index in [1.165, 1.54) is 0 Å². The summed E-state index contributed by atoms with van der Waals surface area (Å²) in [6.45, 7) is 0. The zero-order valence-corrected chi connectivity index (χ0v) is 11.8. The van der Waals surface area contributed by atoms with Crippen molar-refractivity contribution in [3.05, 3.63) is 95.3 Å². The van der Waals surface area contributed by atoms with Crippen molar-refractivity contribution in [2.24, 2.45) is 0 Å². The van der Waals surface area contributed by atoms with Crippen molar-refractivity contribution in [3.63, 3.8) is 0 Å². The molecule has 0 spiro atoms. The maximum Gasteiger partial charge on any atom is 0.136 e. The fourth-order valence-electron chi connectivity index (χ4n) is 1.78. The molecular weight excluding hydrogens is 268 g/mol. The molecular formula is C20H12N2. The molecule has 0 amide bonds. The van der Waals surface area contributed by atoms with Crippen LogP contribution in [0.25, 0.3) is 0 Å². The highest BCUT2D eigenvalue weighted by atomic mass is 15.1. The third kappa shape index (κ3) is 3.82. The Morgan fingerprint density at radius 2 is 0.864 bits per heavy atom. The fourth-order valence-corrected chi connectivity index (χ4v) is 1.78. The zero-order chi connectivity index (χ0) is 15.0. The van der Waals surface area contributed by atoms with Crippen LogP contribution in [-0.4, -0.2) is 10.2 Å². The van der Waals surface area contributed by atoms with Crippen LogP contribution in [0.1, 0.15) is 22.5 Å². The van der Waals surface area contributed by atoms with E-state index in [0.717, 1.165) is 11.1 Å². The summed E-state index contributed by atoms with van der Waals surface area (Å²) in [7, 11) is 0. The highest BCUT2D eigenvalue weighted by molar-refractivity contribution is 5.42. The Morgan fingerprint density at radius 1 is 0.455 bits per heavy atom. The fraction of sp³-hybridized carbons (Fsp3) is 0. The summed E-state index contributed by atoms with van der Waals surface area (Å²) in [5.74, 6) is 12.1.